The van der Waals surface area contributed by atoms with Crippen molar-refractivity contribution in [2.75, 3.05) is 26.7 Å². The first-order chi connectivity index (χ1) is 7.02. The Kier molecular flexibility index (Phi) is 4.50. The summed E-state index contributed by atoms with van der Waals surface area (Å²) in [6.45, 7) is 6.20. The van der Waals surface area contributed by atoms with Gasteiger partial charge in [0.1, 0.15) is 6.04 Å². The zero-order valence-electron chi connectivity index (χ0n) is 9.60. The van der Waals surface area contributed by atoms with Crippen molar-refractivity contribution in [2.45, 2.75) is 32.1 Å². The lowest BCUT2D eigenvalue weighted by Crippen LogP contribution is -2.51. The van der Waals surface area contributed by atoms with Gasteiger partial charge in [-0.05, 0) is 13.8 Å². The van der Waals surface area contributed by atoms with Crippen molar-refractivity contribution < 1.29 is 14.3 Å². The summed E-state index contributed by atoms with van der Waals surface area (Å²) in [5, 5.41) is 0. The van der Waals surface area contributed by atoms with Gasteiger partial charge in [0, 0.05) is 19.6 Å². The molecule has 1 rings (SSSR count). The summed E-state index contributed by atoms with van der Waals surface area (Å²) in [7, 11) is 1.35. The Balaban J connectivity index is 2.40. The van der Waals surface area contributed by atoms with Crippen LogP contribution in [0.1, 0.15) is 13.8 Å². The third kappa shape index (κ3) is 3.77. The van der Waals surface area contributed by atoms with E-state index in [1.807, 2.05) is 13.8 Å². The van der Waals surface area contributed by atoms with Crippen LogP contribution in [0.5, 0.6) is 0 Å². The normalized spacial score (nSPS) is 29.9. The molecule has 3 atom stereocenters. The van der Waals surface area contributed by atoms with Gasteiger partial charge in [-0.3, -0.25) is 9.69 Å². The number of esters is 1. The molecule has 0 bridgehead atoms. The second kappa shape index (κ2) is 5.44. The number of hydrogen-bond donors (Lipinski definition) is 1. The standard InChI is InChI=1S/C10H20N2O3/c1-7-4-12(5-8(2)15-7)6-9(11)10(13)14-3/h7-9H,4-6,11H2,1-3H3/t7-,8+,9?. The molecule has 0 aliphatic carbocycles. The van der Waals surface area contributed by atoms with Gasteiger partial charge >= 0.3 is 5.97 Å². The van der Waals surface area contributed by atoms with Gasteiger partial charge in [-0.1, -0.05) is 0 Å². The van der Waals surface area contributed by atoms with E-state index in [2.05, 4.69) is 9.64 Å². The van der Waals surface area contributed by atoms with E-state index in [9.17, 15) is 4.79 Å². The first-order valence-electron chi connectivity index (χ1n) is 5.24. The minimum atomic E-state index is -0.563. The first-order valence-corrected chi connectivity index (χ1v) is 5.24. The van der Waals surface area contributed by atoms with E-state index in [0.717, 1.165) is 13.1 Å². The minimum Gasteiger partial charge on any atom is -0.468 e. The Bertz CT molecular complexity index is 213. The second-order valence-electron chi connectivity index (χ2n) is 4.11. The lowest BCUT2D eigenvalue weighted by atomic mass is 10.2. The fourth-order valence-electron chi connectivity index (χ4n) is 1.94. The van der Waals surface area contributed by atoms with E-state index in [0.29, 0.717) is 6.54 Å². The minimum absolute atomic E-state index is 0.193. The number of morpholine rings is 1. The third-order valence-corrected chi connectivity index (χ3v) is 2.45. The Morgan fingerprint density at radius 2 is 2.07 bits per heavy atom. The number of carbonyl (C=O) groups is 1. The van der Waals surface area contributed by atoms with Gasteiger partial charge in [0.25, 0.3) is 0 Å². The van der Waals surface area contributed by atoms with Crippen LogP contribution in [0.2, 0.25) is 0 Å². The number of nitrogens with two attached hydrogens (primary N) is 1. The summed E-state index contributed by atoms with van der Waals surface area (Å²) in [6, 6.07) is -0.563. The molecule has 1 aliphatic heterocycles. The van der Waals surface area contributed by atoms with Crippen molar-refractivity contribution in [3.63, 3.8) is 0 Å². The topological polar surface area (TPSA) is 64.8 Å². The Morgan fingerprint density at radius 3 is 2.53 bits per heavy atom. The fraction of sp³-hybridized carbons (Fsp3) is 0.900. The highest BCUT2D eigenvalue weighted by Crippen LogP contribution is 2.10. The molecule has 1 unspecified atom stereocenters. The molecule has 0 saturated carbocycles. The summed E-state index contributed by atoms with van der Waals surface area (Å²) in [5.74, 6) is -0.359. The maximum atomic E-state index is 11.1. The van der Waals surface area contributed by atoms with Crippen LogP contribution < -0.4 is 5.73 Å². The zero-order valence-corrected chi connectivity index (χ0v) is 9.60. The maximum Gasteiger partial charge on any atom is 0.323 e. The molecule has 1 heterocycles. The van der Waals surface area contributed by atoms with E-state index in [1.54, 1.807) is 0 Å². The lowest BCUT2D eigenvalue weighted by Gasteiger charge is -2.36. The van der Waals surface area contributed by atoms with E-state index >= 15 is 0 Å². The van der Waals surface area contributed by atoms with Crippen LogP contribution in [0.4, 0.5) is 0 Å². The summed E-state index contributed by atoms with van der Waals surface area (Å²) in [6.07, 6.45) is 0.386. The Hall–Kier alpha value is -0.650. The van der Waals surface area contributed by atoms with Gasteiger partial charge in [0.2, 0.25) is 0 Å². The smallest absolute Gasteiger partial charge is 0.323 e. The van der Waals surface area contributed by atoms with Crippen LogP contribution in [-0.4, -0.2) is 55.9 Å². The van der Waals surface area contributed by atoms with Gasteiger partial charge < -0.3 is 15.2 Å². The largest absolute Gasteiger partial charge is 0.468 e. The van der Waals surface area contributed by atoms with Crippen LogP contribution in [0, 0.1) is 0 Å². The summed E-state index contributed by atoms with van der Waals surface area (Å²) >= 11 is 0. The molecular weight excluding hydrogens is 196 g/mol. The molecule has 1 fully saturated rings. The van der Waals surface area contributed by atoms with Crippen molar-refractivity contribution in [2.24, 2.45) is 5.73 Å². The van der Waals surface area contributed by atoms with E-state index in [-0.39, 0.29) is 18.2 Å². The highest BCUT2D eigenvalue weighted by atomic mass is 16.5. The molecule has 88 valence electrons. The molecule has 1 aliphatic rings. The number of hydrogen-bond acceptors (Lipinski definition) is 5. The monoisotopic (exact) mass is 216 g/mol. The molecule has 0 aromatic carbocycles. The molecule has 15 heavy (non-hydrogen) atoms. The highest BCUT2D eigenvalue weighted by molar-refractivity contribution is 5.75. The first kappa shape index (κ1) is 12.4. The Morgan fingerprint density at radius 1 is 1.53 bits per heavy atom. The highest BCUT2D eigenvalue weighted by Gasteiger charge is 2.25. The molecule has 0 aromatic heterocycles. The van der Waals surface area contributed by atoms with Crippen LogP contribution in [-0.2, 0) is 14.3 Å². The maximum absolute atomic E-state index is 11.1. The number of nitrogens with zero attached hydrogens (tertiary/aromatic N) is 1. The Labute approximate surface area is 90.5 Å². The van der Waals surface area contributed by atoms with E-state index < -0.39 is 6.04 Å². The molecule has 5 nitrogen and oxygen atoms in total. The summed E-state index contributed by atoms with van der Waals surface area (Å²) in [5.41, 5.74) is 5.69. The second-order valence-corrected chi connectivity index (χ2v) is 4.11. The molecule has 1 saturated heterocycles. The van der Waals surface area contributed by atoms with Crippen LogP contribution in [0.25, 0.3) is 0 Å². The number of methoxy groups -OCH3 is 1. The number of ether oxygens (including phenoxy) is 2. The van der Waals surface area contributed by atoms with Crippen molar-refractivity contribution in [3.05, 3.63) is 0 Å². The van der Waals surface area contributed by atoms with Crippen LogP contribution in [0.15, 0.2) is 0 Å². The molecule has 0 spiro atoms. The van der Waals surface area contributed by atoms with Gasteiger partial charge in [0.15, 0.2) is 0 Å². The number of rotatable bonds is 3. The fourth-order valence-corrected chi connectivity index (χ4v) is 1.94. The summed E-state index contributed by atoms with van der Waals surface area (Å²) in [4.78, 5) is 13.3. The SMILES string of the molecule is COC(=O)C(N)CN1C[C@@H](C)O[C@@H](C)C1. The van der Waals surface area contributed by atoms with Crippen molar-refractivity contribution in [3.8, 4) is 0 Å². The third-order valence-electron chi connectivity index (χ3n) is 2.45. The molecule has 0 aromatic rings. The molecule has 0 amide bonds. The lowest BCUT2D eigenvalue weighted by molar-refractivity contribution is -0.143. The van der Waals surface area contributed by atoms with Crippen molar-refractivity contribution in [1.82, 2.24) is 4.90 Å². The predicted molar refractivity (Wildman–Crippen MR) is 56.4 cm³/mol. The van der Waals surface area contributed by atoms with Crippen molar-refractivity contribution >= 4 is 5.97 Å². The molecular formula is C10H20N2O3. The molecule has 0 radical (unpaired) electrons. The number of carbonyl (C=O) groups excluding carboxylic acids is 1. The predicted octanol–water partition coefficient (Wildman–Crippen LogP) is -0.404. The van der Waals surface area contributed by atoms with Crippen LogP contribution >= 0.6 is 0 Å². The van der Waals surface area contributed by atoms with E-state index in [4.69, 9.17) is 10.5 Å². The van der Waals surface area contributed by atoms with Crippen LogP contribution in [0.3, 0.4) is 0 Å². The van der Waals surface area contributed by atoms with Gasteiger partial charge in [0.05, 0.1) is 19.3 Å². The average Bonchev–Trinajstić information content (AvgIpc) is 2.14. The van der Waals surface area contributed by atoms with Crippen molar-refractivity contribution in [1.29, 1.82) is 0 Å². The average molecular weight is 216 g/mol. The van der Waals surface area contributed by atoms with E-state index in [1.165, 1.54) is 7.11 Å². The summed E-state index contributed by atoms with van der Waals surface area (Å²) < 4.78 is 10.2. The zero-order chi connectivity index (χ0) is 11.4. The molecule has 5 heteroatoms. The van der Waals surface area contributed by atoms with Gasteiger partial charge in [-0.2, -0.15) is 0 Å². The quantitative estimate of drug-likeness (QED) is 0.650. The van der Waals surface area contributed by atoms with Gasteiger partial charge in [-0.15, -0.1) is 0 Å². The van der Waals surface area contributed by atoms with Gasteiger partial charge in [-0.25, -0.2) is 0 Å². The molecule has 2 N–H and O–H groups in total.